The van der Waals surface area contributed by atoms with Gasteiger partial charge in [0.1, 0.15) is 0 Å². The molecule has 0 unspecified atom stereocenters. The van der Waals surface area contributed by atoms with E-state index in [4.69, 9.17) is 11.6 Å². The molecule has 0 aliphatic rings. The van der Waals surface area contributed by atoms with Gasteiger partial charge in [0.25, 0.3) is 0 Å². The maximum Gasteiger partial charge on any atom is 0.162 e. The third kappa shape index (κ3) is 1.66. The van der Waals surface area contributed by atoms with Crippen LogP contribution in [0.3, 0.4) is 0 Å². The van der Waals surface area contributed by atoms with E-state index >= 15 is 0 Å². The first-order chi connectivity index (χ1) is 9.83. The van der Waals surface area contributed by atoms with Gasteiger partial charge in [-0.25, -0.2) is 9.50 Å². The molecule has 96 valence electrons. The van der Waals surface area contributed by atoms with Gasteiger partial charge in [0.15, 0.2) is 5.65 Å². The molecular formula is C15H9ClN4. The Morgan fingerprint density at radius 3 is 2.95 bits per heavy atom. The van der Waals surface area contributed by atoms with Crippen molar-refractivity contribution < 1.29 is 0 Å². The molecule has 0 amide bonds. The van der Waals surface area contributed by atoms with E-state index in [1.807, 2.05) is 49.1 Å². The summed E-state index contributed by atoms with van der Waals surface area (Å²) in [6.07, 6.45) is 9.09. The summed E-state index contributed by atoms with van der Waals surface area (Å²) in [5.74, 6) is 0. The molecule has 4 aromatic rings. The SMILES string of the molecule is Clc1ccc2c(-c3cnn4cccnc34)cncc2c1. The Labute approximate surface area is 119 Å². The molecule has 1 aromatic carbocycles. The van der Waals surface area contributed by atoms with Gasteiger partial charge in [-0.15, -0.1) is 0 Å². The summed E-state index contributed by atoms with van der Waals surface area (Å²) in [4.78, 5) is 8.68. The van der Waals surface area contributed by atoms with Gasteiger partial charge >= 0.3 is 0 Å². The number of hydrogen-bond acceptors (Lipinski definition) is 3. The Hall–Kier alpha value is -2.46. The topological polar surface area (TPSA) is 43.1 Å². The van der Waals surface area contributed by atoms with E-state index in [0.29, 0.717) is 5.02 Å². The lowest BCUT2D eigenvalue weighted by Crippen LogP contribution is -1.88. The summed E-state index contributed by atoms with van der Waals surface area (Å²) in [7, 11) is 0. The largest absolute Gasteiger partial charge is 0.263 e. The monoisotopic (exact) mass is 280 g/mol. The molecule has 4 nitrogen and oxygen atoms in total. The number of pyridine rings is 1. The van der Waals surface area contributed by atoms with Crippen LogP contribution in [0, 0.1) is 0 Å². The van der Waals surface area contributed by atoms with Crippen LogP contribution in [0.25, 0.3) is 27.5 Å². The summed E-state index contributed by atoms with van der Waals surface area (Å²) in [5, 5.41) is 7.12. The van der Waals surface area contributed by atoms with Crippen molar-refractivity contribution in [2.45, 2.75) is 0 Å². The number of aromatic nitrogens is 4. The molecule has 0 radical (unpaired) electrons. The molecule has 5 heteroatoms. The second-order valence-electron chi connectivity index (χ2n) is 4.50. The Balaban J connectivity index is 2.07. The van der Waals surface area contributed by atoms with E-state index in [2.05, 4.69) is 15.1 Å². The van der Waals surface area contributed by atoms with Crippen LogP contribution in [-0.2, 0) is 0 Å². The first-order valence-corrected chi connectivity index (χ1v) is 6.53. The van der Waals surface area contributed by atoms with Gasteiger partial charge in [-0.1, -0.05) is 17.7 Å². The van der Waals surface area contributed by atoms with Gasteiger partial charge in [0.2, 0.25) is 0 Å². The first kappa shape index (κ1) is 11.4. The van der Waals surface area contributed by atoms with Gasteiger partial charge < -0.3 is 0 Å². The highest BCUT2D eigenvalue weighted by atomic mass is 35.5. The van der Waals surface area contributed by atoms with Crippen molar-refractivity contribution in [3.8, 4) is 11.1 Å². The Morgan fingerprint density at radius 1 is 1.05 bits per heavy atom. The molecular weight excluding hydrogens is 272 g/mol. The molecule has 0 N–H and O–H groups in total. The average Bonchev–Trinajstić information content (AvgIpc) is 2.90. The fourth-order valence-corrected chi connectivity index (χ4v) is 2.56. The van der Waals surface area contributed by atoms with Crippen molar-refractivity contribution in [3.63, 3.8) is 0 Å². The van der Waals surface area contributed by atoms with Crippen molar-refractivity contribution in [1.82, 2.24) is 19.6 Å². The molecule has 0 bridgehead atoms. The molecule has 0 aliphatic carbocycles. The van der Waals surface area contributed by atoms with Crippen LogP contribution in [0.15, 0.2) is 55.2 Å². The maximum atomic E-state index is 6.03. The Bertz CT molecular complexity index is 929. The highest BCUT2D eigenvalue weighted by Gasteiger charge is 2.11. The van der Waals surface area contributed by atoms with Crippen LogP contribution in [-0.4, -0.2) is 19.6 Å². The van der Waals surface area contributed by atoms with Crippen molar-refractivity contribution in [3.05, 3.63) is 60.3 Å². The van der Waals surface area contributed by atoms with Crippen LogP contribution >= 0.6 is 11.6 Å². The number of halogens is 1. The minimum Gasteiger partial charge on any atom is -0.263 e. The molecule has 0 saturated carbocycles. The third-order valence-electron chi connectivity index (χ3n) is 3.29. The average molecular weight is 281 g/mol. The van der Waals surface area contributed by atoms with Crippen LogP contribution in [0.2, 0.25) is 5.02 Å². The molecule has 0 atom stereocenters. The maximum absolute atomic E-state index is 6.03. The number of hydrogen-bond donors (Lipinski definition) is 0. The van der Waals surface area contributed by atoms with Crippen molar-refractivity contribution in [2.75, 3.05) is 0 Å². The highest BCUT2D eigenvalue weighted by molar-refractivity contribution is 6.31. The zero-order valence-corrected chi connectivity index (χ0v) is 11.1. The number of benzene rings is 1. The smallest absolute Gasteiger partial charge is 0.162 e. The fraction of sp³-hybridized carbons (Fsp3) is 0. The summed E-state index contributed by atoms with van der Waals surface area (Å²) < 4.78 is 1.75. The van der Waals surface area contributed by atoms with Gasteiger partial charge in [-0.3, -0.25) is 4.98 Å². The Morgan fingerprint density at radius 2 is 2.00 bits per heavy atom. The molecule has 0 spiro atoms. The van der Waals surface area contributed by atoms with Crippen LogP contribution < -0.4 is 0 Å². The second kappa shape index (κ2) is 4.28. The lowest BCUT2D eigenvalue weighted by molar-refractivity contribution is 0.939. The van der Waals surface area contributed by atoms with E-state index in [0.717, 1.165) is 27.5 Å². The van der Waals surface area contributed by atoms with E-state index in [9.17, 15) is 0 Å². The first-order valence-electron chi connectivity index (χ1n) is 6.15. The van der Waals surface area contributed by atoms with E-state index in [1.54, 1.807) is 10.7 Å². The summed E-state index contributed by atoms with van der Waals surface area (Å²) >= 11 is 6.03. The minimum atomic E-state index is 0.703. The lowest BCUT2D eigenvalue weighted by atomic mass is 10.0. The molecule has 0 aliphatic heterocycles. The van der Waals surface area contributed by atoms with E-state index in [-0.39, 0.29) is 0 Å². The quantitative estimate of drug-likeness (QED) is 0.535. The van der Waals surface area contributed by atoms with Crippen molar-refractivity contribution in [1.29, 1.82) is 0 Å². The van der Waals surface area contributed by atoms with Crippen LogP contribution in [0.4, 0.5) is 0 Å². The van der Waals surface area contributed by atoms with E-state index in [1.165, 1.54) is 0 Å². The van der Waals surface area contributed by atoms with Crippen molar-refractivity contribution >= 4 is 28.0 Å². The normalized spacial score (nSPS) is 11.2. The Kier molecular flexibility index (Phi) is 2.44. The van der Waals surface area contributed by atoms with Gasteiger partial charge in [-0.05, 0) is 23.6 Å². The van der Waals surface area contributed by atoms with Crippen molar-refractivity contribution in [2.24, 2.45) is 0 Å². The minimum absolute atomic E-state index is 0.703. The molecule has 3 aromatic heterocycles. The zero-order chi connectivity index (χ0) is 13.5. The second-order valence-corrected chi connectivity index (χ2v) is 4.94. The molecule has 3 heterocycles. The van der Waals surface area contributed by atoms with E-state index < -0.39 is 0 Å². The highest BCUT2D eigenvalue weighted by Crippen LogP contribution is 2.31. The summed E-state index contributed by atoms with van der Waals surface area (Å²) in [6, 6.07) is 7.64. The fourth-order valence-electron chi connectivity index (χ4n) is 2.38. The van der Waals surface area contributed by atoms with Crippen LogP contribution in [0.1, 0.15) is 0 Å². The van der Waals surface area contributed by atoms with Gasteiger partial charge in [-0.2, -0.15) is 5.10 Å². The summed E-state index contributed by atoms with van der Waals surface area (Å²) in [5.41, 5.74) is 2.79. The molecule has 0 saturated heterocycles. The predicted octanol–water partition coefficient (Wildman–Crippen LogP) is 3.60. The zero-order valence-electron chi connectivity index (χ0n) is 10.4. The molecule has 20 heavy (non-hydrogen) atoms. The number of fused-ring (bicyclic) bond motifs is 2. The lowest BCUT2D eigenvalue weighted by Gasteiger charge is -2.04. The number of nitrogens with zero attached hydrogens (tertiary/aromatic N) is 4. The van der Waals surface area contributed by atoms with Crippen LogP contribution in [0.5, 0.6) is 0 Å². The third-order valence-corrected chi connectivity index (χ3v) is 3.53. The number of rotatable bonds is 1. The van der Waals surface area contributed by atoms with Gasteiger partial charge in [0, 0.05) is 46.3 Å². The van der Waals surface area contributed by atoms with Gasteiger partial charge in [0.05, 0.1) is 6.20 Å². The predicted molar refractivity (Wildman–Crippen MR) is 78.7 cm³/mol. The molecule has 0 fully saturated rings. The summed E-state index contributed by atoms with van der Waals surface area (Å²) in [6.45, 7) is 0. The standard InChI is InChI=1S/C15H9ClN4/c16-11-2-3-12-10(6-11)7-17-8-13(12)14-9-19-20-5-1-4-18-15(14)20/h1-9H. The molecule has 4 rings (SSSR count).